The Morgan fingerprint density at radius 2 is 1.71 bits per heavy atom. The van der Waals surface area contributed by atoms with Gasteiger partial charge in [-0.1, -0.05) is 6.42 Å². The van der Waals surface area contributed by atoms with Gasteiger partial charge in [0, 0.05) is 31.5 Å². The topological polar surface area (TPSA) is 96.0 Å². The number of carbonyl (C=O) groups excluding carboxylic acids is 4. The van der Waals surface area contributed by atoms with Gasteiger partial charge in [-0.25, -0.2) is 4.79 Å². The molecule has 134 valence electrons. The third-order valence-electron chi connectivity index (χ3n) is 4.55. The van der Waals surface area contributed by atoms with Gasteiger partial charge in [0.05, 0.1) is 13.0 Å². The molecular formula is C16H25N3O5. The second kappa shape index (κ2) is 8.23. The van der Waals surface area contributed by atoms with E-state index in [0.29, 0.717) is 23.7 Å². The lowest BCUT2D eigenvalue weighted by molar-refractivity contribution is -0.197. The maximum atomic E-state index is 12.0. The van der Waals surface area contributed by atoms with Crippen LogP contribution in [0.2, 0.25) is 0 Å². The zero-order chi connectivity index (χ0) is 17.7. The fourth-order valence-corrected chi connectivity index (χ4v) is 3.12. The van der Waals surface area contributed by atoms with Gasteiger partial charge in [-0.05, 0) is 26.7 Å². The largest absolute Gasteiger partial charge is 0.354 e. The van der Waals surface area contributed by atoms with Crippen molar-refractivity contribution in [3.05, 3.63) is 0 Å². The van der Waals surface area contributed by atoms with E-state index in [1.807, 2.05) is 0 Å². The Labute approximate surface area is 141 Å². The molecule has 24 heavy (non-hydrogen) atoms. The number of carbonyl (C=O) groups is 4. The van der Waals surface area contributed by atoms with Crippen molar-refractivity contribution in [1.29, 1.82) is 0 Å². The molecule has 0 bridgehead atoms. The number of hydrogen-bond donors (Lipinski definition) is 1. The Bertz CT molecular complexity index is 496. The normalized spacial score (nSPS) is 25.0. The summed E-state index contributed by atoms with van der Waals surface area (Å²) >= 11 is 0. The van der Waals surface area contributed by atoms with Crippen LogP contribution in [0.3, 0.4) is 0 Å². The lowest BCUT2D eigenvalue weighted by Gasteiger charge is -2.38. The average Bonchev–Trinajstić information content (AvgIpc) is 2.83. The van der Waals surface area contributed by atoms with Crippen LogP contribution in [-0.2, 0) is 24.0 Å². The first-order valence-electron chi connectivity index (χ1n) is 8.47. The predicted octanol–water partition coefficient (Wildman–Crippen LogP) is 0.363. The molecule has 0 aromatic rings. The van der Waals surface area contributed by atoms with Crippen molar-refractivity contribution < 1.29 is 24.0 Å². The van der Waals surface area contributed by atoms with Gasteiger partial charge in [0.25, 0.3) is 11.8 Å². The van der Waals surface area contributed by atoms with Crippen molar-refractivity contribution >= 4 is 23.7 Å². The molecule has 2 rings (SSSR count). The Morgan fingerprint density at radius 3 is 2.29 bits per heavy atom. The number of nitrogens with zero attached hydrogens (tertiary/aromatic N) is 2. The van der Waals surface area contributed by atoms with Crippen molar-refractivity contribution in [2.45, 2.75) is 64.5 Å². The van der Waals surface area contributed by atoms with Gasteiger partial charge in [-0.2, -0.15) is 0 Å². The maximum Gasteiger partial charge on any atom is 0.334 e. The molecule has 1 N–H and O–H groups in total. The highest BCUT2D eigenvalue weighted by atomic mass is 16.7. The van der Waals surface area contributed by atoms with Crippen molar-refractivity contribution in [2.75, 3.05) is 13.1 Å². The molecular weight excluding hydrogens is 318 g/mol. The third kappa shape index (κ3) is 4.77. The van der Waals surface area contributed by atoms with E-state index in [0.717, 1.165) is 12.8 Å². The summed E-state index contributed by atoms with van der Waals surface area (Å²) in [4.78, 5) is 53.2. The number of imide groups is 1. The summed E-state index contributed by atoms with van der Waals surface area (Å²) in [6, 6.07) is 0.744. The molecule has 0 aromatic heterocycles. The van der Waals surface area contributed by atoms with Gasteiger partial charge in [0.2, 0.25) is 5.91 Å². The number of amides is 3. The highest BCUT2D eigenvalue weighted by Gasteiger charge is 2.32. The van der Waals surface area contributed by atoms with Crippen molar-refractivity contribution in [2.24, 2.45) is 0 Å². The summed E-state index contributed by atoms with van der Waals surface area (Å²) in [6.07, 6.45) is 3.39. The Morgan fingerprint density at radius 1 is 1.12 bits per heavy atom. The van der Waals surface area contributed by atoms with Crippen molar-refractivity contribution in [1.82, 2.24) is 15.3 Å². The first-order chi connectivity index (χ1) is 11.4. The Hall–Kier alpha value is -1.96. The number of hydrogen-bond acceptors (Lipinski definition) is 6. The van der Waals surface area contributed by atoms with Gasteiger partial charge in [0.1, 0.15) is 0 Å². The fraction of sp³-hybridized carbons (Fsp3) is 0.750. The van der Waals surface area contributed by atoms with Gasteiger partial charge >= 0.3 is 5.97 Å². The maximum absolute atomic E-state index is 12.0. The molecule has 2 atom stereocenters. The van der Waals surface area contributed by atoms with E-state index < -0.39 is 17.8 Å². The highest BCUT2D eigenvalue weighted by Crippen LogP contribution is 2.21. The summed E-state index contributed by atoms with van der Waals surface area (Å²) < 4.78 is 0. The van der Waals surface area contributed by atoms with Crippen LogP contribution in [-0.4, -0.2) is 58.8 Å². The Balaban J connectivity index is 1.67. The van der Waals surface area contributed by atoms with Crippen LogP contribution in [0.15, 0.2) is 0 Å². The van der Waals surface area contributed by atoms with E-state index in [1.165, 1.54) is 6.42 Å². The minimum Gasteiger partial charge on any atom is -0.354 e. The minimum absolute atomic E-state index is 0.0645. The molecule has 0 spiro atoms. The highest BCUT2D eigenvalue weighted by molar-refractivity contribution is 6.01. The van der Waals surface area contributed by atoms with E-state index in [-0.39, 0.29) is 31.7 Å². The fourth-order valence-electron chi connectivity index (χ4n) is 3.12. The molecule has 0 saturated carbocycles. The van der Waals surface area contributed by atoms with Crippen LogP contribution in [0, 0.1) is 0 Å². The molecule has 2 fully saturated rings. The average molecular weight is 343 g/mol. The number of hydroxylamine groups is 2. The van der Waals surface area contributed by atoms with Crippen LogP contribution in [0.1, 0.15) is 52.4 Å². The van der Waals surface area contributed by atoms with Gasteiger partial charge in [-0.3, -0.25) is 19.3 Å². The first-order valence-corrected chi connectivity index (χ1v) is 8.47. The molecule has 2 aliphatic heterocycles. The standard InChI is InChI=1S/C16H25N3O5/c1-11-4-3-5-12(2)18(11)10-13(20)17-9-8-16(23)24-19-14(21)6-7-15(19)22/h11-12H,3-10H2,1-2H3,(H,17,20)/t11-,12+/i1+1,11+1,12+1,17+1/m0/s1. The molecule has 8 heteroatoms. The summed E-state index contributed by atoms with van der Waals surface area (Å²) in [5.74, 6) is -1.87. The third-order valence-corrected chi connectivity index (χ3v) is 4.55. The molecule has 2 saturated heterocycles. The molecule has 0 radical (unpaired) electrons. The van der Waals surface area contributed by atoms with Crippen LogP contribution in [0.25, 0.3) is 0 Å². The summed E-state index contributed by atoms with van der Waals surface area (Å²) in [5, 5.41) is 3.19. The van der Waals surface area contributed by atoms with Crippen LogP contribution in [0.5, 0.6) is 0 Å². The first kappa shape index (κ1) is 18.4. The Kier molecular flexibility index (Phi) is 6.30. The predicted molar refractivity (Wildman–Crippen MR) is 84.3 cm³/mol. The van der Waals surface area contributed by atoms with Crippen LogP contribution in [0.4, 0.5) is 0 Å². The van der Waals surface area contributed by atoms with Gasteiger partial charge in [-0.15, -0.1) is 5.06 Å². The monoisotopic (exact) mass is 343 g/mol. The lowest BCUT2D eigenvalue weighted by atomic mass is 10.2. The van der Waals surface area contributed by atoms with E-state index in [1.54, 1.807) is 0 Å². The van der Waals surface area contributed by atoms with E-state index >= 15 is 0 Å². The zero-order valence-corrected chi connectivity index (χ0v) is 14.2. The smallest absolute Gasteiger partial charge is 0.334 e. The molecule has 0 aliphatic carbocycles. The second-order valence-electron chi connectivity index (χ2n) is 6.45. The summed E-state index contributed by atoms with van der Waals surface area (Å²) in [5.41, 5.74) is 0. The second-order valence-corrected chi connectivity index (χ2v) is 6.45. The zero-order valence-electron chi connectivity index (χ0n) is 14.2. The molecule has 0 unspecified atom stereocenters. The van der Waals surface area contributed by atoms with Crippen molar-refractivity contribution in [3.8, 4) is 0 Å². The van der Waals surface area contributed by atoms with Crippen LogP contribution >= 0.6 is 0 Å². The summed E-state index contributed by atoms with van der Waals surface area (Å²) in [7, 11) is 0. The van der Waals surface area contributed by atoms with Gasteiger partial charge in [0.15, 0.2) is 0 Å². The molecule has 2 heterocycles. The number of rotatable bonds is 6. The quantitative estimate of drug-likeness (QED) is 0.425. The SMILES string of the molecule is C[13C@@H]1CCC[13C@H]([13CH3])N1CC(=O)[15NH]CCC(=O)ON1C(=O)CCC1=O. The lowest BCUT2D eigenvalue weighted by Crippen LogP contribution is -2.48. The van der Waals surface area contributed by atoms with E-state index in [4.69, 9.17) is 4.84 Å². The molecule has 3 amide bonds. The number of piperidine rings is 1. The minimum atomic E-state index is -0.710. The molecule has 2 aliphatic rings. The number of likely N-dealkylation sites (tertiary alicyclic amines) is 1. The van der Waals surface area contributed by atoms with Crippen molar-refractivity contribution in [3.63, 3.8) is 0 Å². The molecule has 0 aromatic carbocycles. The summed E-state index contributed by atoms with van der Waals surface area (Å²) in [6.45, 7) is 4.65. The van der Waals surface area contributed by atoms with Gasteiger partial charge < -0.3 is 10.2 Å². The van der Waals surface area contributed by atoms with E-state index in [2.05, 4.69) is 24.1 Å². The number of nitrogens with one attached hydrogen (secondary N) is 1. The molecule has 8 nitrogen and oxygen atoms in total. The van der Waals surface area contributed by atoms with E-state index in [9.17, 15) is 19.2 Å². The van der Waals surface area contributed by atoms with Crippen LogP contribution < -0.4 is 5.32 Å².